The first kappa shape index (κ1) is 5.88. The lowest BCUT2D eigenvalue weighted by Gasteiger charge is -1.96. The molecule has 2 N–H and O–H groups in total. The fourth-order valence-electron chi connectivity index (χ4n) is 0.0645. The summed E-state index contributed by atoms with van der Waals surface area (Å²) in [5.41, 5.74) is 0. The molecule has 0 aromatic carbocycles. The molecule has 1 radical (unpaired) electrons. The Balaban J connectivity index is 2.75. The molecule has 0 aromatic heterocycles. The monoisotopic (exact) mass is 91.0 g/mol. The largest absolute Gasteiger partial charge is 0.391 e. The summed E-state index contributed by atoms with van der Waals surface area (Å²) in [4.78, 5) is 0. The van der Waals surface area contributed by atoms with Crippen LogP contribution in [0, 0.1) is 6.29 Å². The minimum Gasteiger partial charge on any atom is -0.391 e. The van der Waals surface area contributed by atoms with Gasteiger partial charge in [-0.1, -0.05) is 0 Å². The smallest absolute Gasteiger partial charge is 0.247 e. The van der Waals surface area contributed by atoms with Crippen LogP contribution in [0.2, 0.25) is 0 Å². The third kappa shape index (κ3) is 2.14. The maximum absolute atomic E-state index is 8.11. The zero-order chi connectivity index (χ0) is 4.99. The molecular weight excluding hydrogens is 84.0 g/mol. The molecule has 0 rings (SSSR count). The lowest BCUT2D eigenvalue weighted by molar-refractivity contribution is -0.000348. The Hall–Kier alpha value is -0.120. The normalized spacial score (nSPS) is 10.0. The van der Waals surface area contributed by atoms with E-state index < -0.39 is 6.61 Å². The molecule has 0 saturated carbocycles. The maximum Gasteiger partial charge on any atom is 0.247 e. The van der Waals surface area contributed by atoms with Crippen LogP contribution in [-0.4, -0.2) is 23.9 Å². The summed E-state index contributed by atoms with van der Waals surface area (Å²) in [5.74, 6) is 0. The average molecular weight is 91.1 g/mol. The van der Waals surface area contributed by atoms with Crippen LogP contribution in [-0.2, 0) is 4.74 Å². The summed E-state index contributed by atoms with van der Waals surface area (Å²) in [6.45, 7) is -0.420. The van der Waals surface area contributed by atoms with Gasteiger partial charge in [-0.2, -0.15) is 0 Å². The van der Waals surface area contributed by atoms with Crippen molar-refractivity contribution in [1.29, 1.82) is 0 Å². The highest BCUT2D eigenvalue weighted by atomic mass is 16.6. The molecule has 0 aliphatic heterocycles. The summed E-state index contributed by atoms with van der Waals surface area (Å²) in [7, 11) is 1.28. The number of aliphatic hydroxyl groups excluding tert-OH is 2. The van der Waals surface area contributed by atoms with Crippen LogP contribution in [0.3, 0.4) is 0 Å². The van der Waals surface area contributed by atoms with E-state index in [1.165, 1.54) is 7.11 Å². The lowest BCUT2D eigenvalue weighted by Crippen LogP contribution is -2.02. The Kier molecular flexibility index (Phi) is 3.02. The second kappa shape index (κ2) is 3.08. The van der Waals surface area contributed by atoms with E-state index in [-0.39, 0.29) is 6.29 Å². The van der Waals surface area contributed by atoms with Gasteiger partial charge in [-0.15, -0.1) is 0 Å². The fourth-order valence-corrected chi connectivity index (χ4v) is 0.0645. The van der Waals surface area contributed by atoms with Crippen LogP contribution < -0.4 is 0 Å². The van der Waals surface area contributed by atoms with Gasteiger partial charge in [-0.05, 0) is 0 Å². The van der Waals surface area contributed by atoms with E-state index in [1.807, 2.05) is 0 Å². The van der Waals surface area contributed by atoms with Crippen LogP contribution in [0.4, 0.5) is 0 Å². The van der Waals surface area contributed by atoms with Crippen molar-refractivity contribution in [3.63, 3.8) is 0 Å². The summed E-state index contributed by atoms with van der Waals surface area (Å²) < 4.78 is 4.12. The molecule has 37 valence electrons. The quantitative estimate of drug-likeness (QED) is 0.481. The second-order valence-electron chi connectivity index (χ2n) is 0.756. The van der Waals surface area contributed by atoms with Crippen LogP contribution in [0.25, 0.3) is 0 Å². The molecule has 0 fully saturated rings. The van der Waals surface area contributed by atoms with E-state index in [1.54, 1.807) is 0 Å². The molecule has 0 unspecified atom stereocenters. The maximum atomic E-state index is 8.11. The summed E-state index contributed by atoms with van der Waals surface area (Å²) >= 11 is 0. The Labute approximate surface area is 36.2 Å². The summed E-state index contributed by atoms with van der Waals surface area (Å²) in [5, 5.41) is 16.0. The molecule has 3 heteroatoms. The molecule has 0 saturated heterocycles. The molecule has 0 atom stereocenters. The Morgan fingerprint density at radius 3 is 2.33 bits per heavy atom. The first-order chi connectivity index (χ1) is 2.81. The molecule has 6 heavy (non-hydrogen) atoms. The van der Waals surface area contributed by atoms with E-state index in [2.05, 4.69) is 4.74 Å². The molecule has 0 aromatic rings. The van der Waals surface area contributed by atoms with Crippen molar-refractivity contribution in [2.45, 2.75) is 0 Å². The third-order valence-electron chi connectivity index (χ3n) is 0.371. The van der Waals surface area contributed by atoms with Crippen molar-refractivity contribution in [1.82, 2.24) is 0 Å². The lowest BCUT2D eigenvalue weighted by atomic mass is 10.7. The van der Waals surface area contributed by atoms with Crippen molar-refractivity contribution in [3.8, 4) is 0 Å². The van der Waals surface area contributed by atoms with E-state index in [0.717, 1.165) is 0 Å². The predicted octanol–water partition coefficient (Wildman–Crippen LogP) is -0.513. The number of aliphatic hydroxyl groups is 2. The van der Waals surface area contributed by atoms with Crippen LogP contribution in [0.5, 0.6) is 0 Å². The number of rotatable bonds is 2. The van der Waals surface area contributed by atoms with Gasteiger partial charge in [0.2, 0.25) is 6.29 Å². The van der Waals surface area contributed by atoms with Gasteiger partial charge < -0.3 is 14.9 Å². The second-order valence-corrected chi connectivity index (χ2v) is 0.756. The molecule has 0 bridgehead atoms. The van der Waals surface area contributed by atoms with Crippen LogP contribution in [0.15, 0.2) is 0 Å². The highest BCUT2D eigenvalue weighted by Gasteiger charge is 1.95. The average Bonchev–Trinajstić information content (AvgIpc) is 1.65. The topological polar surface area (TPSA) is 49.7 Å². The fraction of sp³-hybridized carbons (Fsp3) is 0.667. The van der Waals surface area contributed by atoms with Crippen molar-refractivity contribution in [2.75, 3.05) is 13.7 Å². The van der Waals surface area contributed by atoms with Crippen LogP contribution in [0.1, 0.15) is 0 Å². The Morgan fingerprint density at radius 2 is 2.33 bits per heavy atom. The van der Waals surface area contributed by atoms with E-state index >= 15 is 0 Å². The van der Waals surface area contributed by atoms with Crippen molar-refractivity contribution in [3.05, 3.63) is 6.29 Å². The number of hydrogen-bond donors (Lipinski definition) is 2. The minimum absolute atomic E-state index is 0.352. The summed E-state index contributed by atoms with van der Waals surface area (Å²) in [6.07, 6.45) is -0.352. The van der Waals surface area contributed by atoms with E-state index in [9.17, 15) is 0 Å². The molecule has 0 spiro atoms. The number of ether oxygens (including phenoxy) is 1. The number of methoxy groups -OCH3 is 1. The third-order valence-corrected chi connectivity index (χ3v) is 0.371. The van der Waals surface area contributed by atoms with Crippen molar-refractivity contribution < 1.29 is 14.9 Å². The van der Waals surface area contributed by atoms with Crippen molar-refractivity contribution >= 4 is 0 Å². The van der Waals surface area contributed by atoms with Crippen LogP contribution >= 0.6 is 0 Å². The molecule has 3 nitrogen and oxygen atoms in total. The SMILES string of the molecule is CO[C](O)CO. The Bertz CT molecular complexity index is 25.2. The van der Waals surface area contributed by atoms with Gasteiger partial charge in [-0.25, -0.2) is 0 Å². The zero-order valence-electron chi connectivity index (χ0n) is 3.51. The molecule has 0 aliphatic carbocycles. The van der Waals surface area contributed by atoms with Gasteiger partial charge in [0.15, 0.2) is 0 Å². The molecule has 0 heterocycles. The van der Waals surface area contributed by atoms with Gasteiger partial charge in [0.1, 0.15) is 6.61 Å². The first-order valence-corrected chi connectivity index (χ1v) is 1.51. The van der Waals surface area contributed by atoms with E-state index in [4.69, 9.17) is 10.2 Å². The predicted molar refractivity (Wildman–Crippen MR) is 19.3 cm³/mol. The number of hydrogen-bond acceptors (Lipinski definition) is 3. The highest BCUT2D eigenvalue weighted by Crippen LogP contribution is 1.86. The standard InChI is InChI=1S/C3H7O3/c1-6-3(5)2-4/h4-5H,2H2,1H3. The van der Waals surface area contributed by atoms with Gasteiger partial charge >= 0.3 is 0 Å². The first-order valence-electron chi connectivity index (χ1n) is 1.51. The minimum atomic E-state index is -0.420. The molecular formula is C3H7O3. The van der Waals surface area contributed by atoms with Gasteiger partial charge in [0.05, 0.1) is 0 Å². The van der Waals surface area contributed by atoms with Gasteiger partial charge in [-0.3, -0.25) is 0 Å². The molecule has 0 amide bonds. The highest BCUT2D eigenvalue weighted by molar-refractivity contribution is 4.53. The Morgan fingerprint density at radius 1 is 1.83 bits per heavy atom. The molecule has 0 aliphatic rings. The zero-order valence-corrected chi connectivity index (χ0v) is 3.51. The summed E-state index contributed by atoms with van der Waals surface area (Å²) in [6, 6.07) is 0. The van der Waals surface area contributed by atoms with Gasteiger partial charge in [0, 0.05) is 7.11 Å². The van der Waals surface area contributed by atoms with E-state index in [0.29, 0.717) is 0 Å². The van der Waals surface area contributed by atoms with Gasteiger partial charge in [0.25, 0.3) is 0 Å². The van der Waals surface area contributed by atoms with Crippen molar-refractivity contribution in [2.24, 2.45) is 0 Å².